The summed E-state index contributed by atoms with van der Waals surface area (Å²) in [5.41, 5.74) is 5.47. The lowest BCUT2D eigenvalue weighted by molar-refractivity contribution is 0.429. The molecule has 11 heavy (non-hydrogen) atoms. The minimum absolute atomic E-state index is 0.0370. The molecule has 0 fully saturated rings. The third kappa shape index (κ3) is 1.88. The van der Waals surface area contributed by atoms with Crippen molar-refractivity contribution in [3.63, 3.8) is 0 Å². The second kappa shape index (κ2) is 3.88. The highest BCUT2D eigenvalue weighted by atomic mass is 16.5. The summed E-state index contributed by atoms with van der Waals surface area (Å²) >= 11 is 0. The first-order valence-electron chi connectivity index (χ1n) is 3.24. The van der Waals surface area contributed by atoms with E-state index < -0.39 is 0 Å². The molecule has 1 heterocycles. The molecule has 0 saturated carbocycles. The van der Waals surface area contributed by atoms with Crippen molar-refractivity contribution in [3.05, 3.63) is 11.3 Å². The molecule has 1 aliphatic rings. The minimum Gasteiger partial charge on any atom is -0.442 e. The molecule has 62 valence electrons. The van der Waals surface area contributed by atoms with E-state index in [1.54, 1.807) is 13.8 Å². The monoisotopic (exact) mass is 155 g/mol. The highest BCUT2D eigenvalue weighted by Crippen LogP contribution is 2.15. The molecule has 1 aliphatic heterocycles. The standard InChI is InChI=1S/C6H8N2O.CH5N/c1-3-4(2)9-6(8)5(3)7;1-2/h7-8H,1-2H3;2H2,1H3. The van der Waals surface area contributed by atoms with Gasteiger partial charge in [0.15, 0.2) is 0 Å². The van der Waals surface area contributed by atoms with Crippen molar-refractivity contribution in [2.24, 2.45) is 5.73 Å². The zero-order valence-electron chi connectivity index (χ0n) is 6.99. The Bertz CT molecular complexity index is 215. The van der Waals surface area contributed by atoms with E-state index in [0.717, 1.165) is 5.57 Å². The van der Waals surface area contributed by atoms with E-state index in [4.69, 9.17) is 15.6 Å². The van der Waals surface area contributed by atoms with Gasteiger partial charge in [-0.05, 0) is 20.9 Å². The van der Waals surface area contributed by atoms with E-state index in [1.165, 1.54) is 7.05 Å². The SMILES string of the molecule is CC1=C(C)C(=N)C(=N)O1.CN. The molecule has 0 unspecified atom stereocenters. The Hall–Kier alpha value is -1.16. The van der Waals surface area contributed by atoms with Crippen LogP contribution >= 0.6 is 0 Å². The van der Waals surface area contributed by atoms with Crippen LogP contribution in [-0.4, -0.2) is 18.7 Å². The molecule has 4 N–H and O–H groups in total. The lowest BCUT2D eigenvalue weighted by Gasteiger charge is -1.91. The Balaban J connectivity index is 0.000000461. The van der Waals surface area contributed by atoms with Crippen LogP contribution in [0.3, 0.4) is 0 Å². The van der Waals surface area contributed by atoms with E-state index in [1.807, 2.05) is 0 Å². The third-order valence-electron chi connectivity index (χ3n) is 1.39. The normalized spacial score (nSPS) is 16.0. The van der Waals surface area contributed by atoms with Gasteiger partial charge in [-0.3, -0.25) is 10.8 Å². The fraction of sp³-hybridized carbons (Fsp3) is 0.429. The average Bonchev–Trinajstić information content (AvgIpc) is 2.22. The van der Waals surface area contributed by atoms with Crippen LogP contribution in [0.1, 0.15) is 13.8 Å². The van der Waals surface area contributed by atoms with Crippen molar-refractivity contribution < 1.29 is 4.74 Å². The molecule has 0 saturated heterocycles. The van der Waals surface area contributed by atoms with Crippen molar-refractivity contribution in [1.82, 2.24) is 0 Å². The van der Waals surface area contributed by atoms with Crippen LogP contribution in [0.4, 0.5) is 0 Å². The smallest absolute Gasteiger partial charge is 0.237 e. The lowest BCUT2D eigenvalue weighted by Crippen LogP contribution is -2.05. The number of nitrogens with one attached hydrogen (secondary N) is 2. The number of nitrogens with two attached hydrogens (primary N) is 1. The molecule has 4 heteroatoms. The van der Waals surface area contributed by atoms with E-state index >= 15 is 0 Å². The van der Waals surface area contributed by atoms with Gasteiger partial charge in [-0.25, -0.2) is 0 Å². The molecule has 0 aromatic heterocycles. The topological polar surface area (TPSA) is 83.0 Å². The van der Waals surface area contributed by atoms with E-state index in [9.17, 15) is 0 Å². The van der Waals surface area contributed by atoms with Gasteiger partial charge in [0, 0.05) is 5.57 Å². The maximum absolute atomic E-state index is 7.18. The van der Waals surface area contributed by atoms with Crippen LogP contribution in [0.5, 0.6) is 0 Å². The molecule has 0 aromatic carbocycles. The maximum atomic E-state index is 7.18. The summed E-state index contributed by atoms with van der Waals surface area (Å²) in [6.07, 6.45) is 0. The summed E-state index contributed by atoms with van der Waals surface area (Å²) in [6.45, 7) is 3.53. The molecular formula is C7H13N3O. The zero-order chi connectivity index (χ0) is 9.02. The van der Waals surface area contributed by atoms with Crippen molar-refractivity contribution in [3.8, 4) is 0 Å². The van der Waals surface area contributed by atoms with Crippen LogP contribution in [0.2, 0.25) is 0 Å². The first-order chi connectivity index (χ1) is 5.13. The zero-order valence-corrected chi connectivity index (χ0v) is 6.99. The largest absolute Gasteiger partial charge is 0.442 e. The number of hydrogen-bond donors (Lipinski definition) is 3. The number of hydrogen-bond acceptors (Lipinski definition) is 4. The quantitative estimate of drug-likeness (QED) is 0.485. The molecule has 0 bridgehead atoms. The van der Waals surface area contributed by atoms with Gasteiger partial charge in [0.25, 0.3) is 0 Å². The van der Waals surface area contributed by atoms with E-state index in [-0.39, 0.29) is 11.6 Å². The van der Waals surface area contributed by atoms with Crippen molar-refractivity contribution >= 4 is 11.6 Å². The van der Waals surface area contributed by atoms with E-state index in [0.29, 0.717) is 5.76 Å². The minimum atomic E-state index is -0.0370. The van der Waals surface area contributed by atoms with Crippen molar-refractivity contribution in [2.45, 2.75) is 13.8 Å². The van der Waals surface area contributed by atoms with Crippen LogP contribution < -0.4 is 5.73 Å². The first-order valence-corrected chi connectivity index (χ1v) is 3.24. The highest BCUT2D eigenvalue weighted by Gasteiger charge is 2.19. The predicted octanol–water partition coefficient (Wildman–Crippen LogP) is 0.882. The summed E-state index contributed by atoms with van der Waals surface area (Å²) in [7, 11) is 1.50. The first kappa shape index (κ1) is 9.84. The summed E-state index contributed by atoms with van der Waals surface area (Å²) in [4.78, 5) is 0. The average molecular weight is 155 g/mol. The maximum Gasteiger partial charge on any atom is 0.237 e. The second-order valence-electron chi connectivity index (χ2n) is 1.99. The van der Waals surface area contributed by atoms with Gasteiger partial charge in [-0.2, -0.15) is 0 Å². The fourth-order valence-electron chi connectivity index (χ4n) is 0.627. The fourth-order valence-corrected chi connectivity index (χ4v) is 0.627. The lowest BCUT2D eigenvalue weighted by atomic mass is 10.2. The van der Waals surface area contributed by atoms with Crippen LogP contribution in [0, 0.1) is 10.8 Å². The summed E-state index contributed by atoms with van der Waals surface area (Å²) in [5, 5.41) is 14.2. The third-order valence-corrected chi connectivity index (χ3v) is 1.39. The summed E-state index contributed by atoms with van der Waals surface area (Å²) in [6, 6.07) is 0. The Kier molecular flexibility index (Phi) is 3.47. The Morgan fingerprint density at radius 2 is 1.64 bits per heavy atom. The number of allylic oxidation sites excluding steroid dienone is 1. The van der Waals surface area contributed by atoms with Gasteiger partial charge in [0.2, 0.25) is 5.90 Å². The number of rotatable bonds is 0. The number of ether oxygens (including phenoxy) is 1. The van der Waals surface area contributed by atoms with Gasteiger partial charge in [-0.1, -0.05) is 0 Å². The molecule has 0 atom stereocenters. The summed E-state index contributed by atoms with van der Waals surface area (Å²) < 4.78 is 4.82. The van der Waals surface area contributed by atoms with Gasteiger partial charge >= 0.3 is 0 Å². The van der Waals surface area contributed by atoms with Crippen molar-refractivity contribution in [2.75, 3.05) is 7.05 Å². The Morgan fingerprint density at radius 3 is 1.73 bits per heavy atom. The van der Waals surface area contributed by atoms with Gasteiger partial charge in [0.05, 0.1) is 0 Å². The van der Waals surface area contributed by atoms with Gasteiger partial charge < -0.3 is 10.5 Å². The van der Waals surface area contributed by atoms with Gasteiger partial charge in [-0.15, -0.1) is 0 Å². The second-order valence-corrected chi connectivity index (χ2v) is 1.99. The molecule has 1 rings (SSSR count). The Labute approximate surface area is 66.1 Å². The van der Waals surface area contributed by atoms with Crippen LogP contribution in [0.15, 0.2) is 11.3 Å². The summed E-state index contributed by atoms with van der Waals surface area (Å²) in [5.74, 6) is 0.634. The molecular weight excluding hydrogens is 142 g/mol. The molecule has 4 nitrogen and oxygen atoms in total. The van der Waals surface area contributed by atoms with Gasteiger partial charge in [0.1, 0.15) is 11.5 Å². The van der Waals surface area contributed by atoms with Crippen molar-refractivity contribution in [1.29, 1.82) is 10.8 Å². The molecule has 0 spiro atoms. The molecule has 0 aromatic rings. The molecule has 0 aliphatic carbocycles. The molecule has 0 amide bonds. The van der Waals surface area contributed by atoms with E-state index in [2.05, 4.69) is 5.73 Å². The highest BCUT2D eigenvalue weighted by molar-refractivity contribution is 6.44. The Morgan fingerprint density at radius 1 is 1.18 bits per heavy atom. The van der Waals surface area contributed by atoms with Crippen LogP contribution in [0.25, 0.3) is 0 Å². The van der Waals surface area contributed by atoms with Crippen LogP contribution in [-0.2, 0) is 4.74 Å². The predicted molar refractivity (Wildman–Crippen MR) is 45.0 cm³/mol. The molecule has 0 radical (unpaired) electrons.